The lowest BCUT2D eigenvalue weighted by atomic mass is 10.1. The number of aliphatic imine (C=N–C) groups is 1. The molecule has 2 rings (SSSR count). The van der Waals surface area contributed by atoms with Gasteiger partial charge in [0.15, 0.2) is 0 Å². The molecule has 0 amide bonds. The first-order chi connectivity index (χ1) is 8.99. The number of hydrogen-bond donors (Lipinski definition) is 1. The summed E-state index contributed by atoms with van der Waals surface area (Å²) >= 11 is 3.48. The molecule has 0 aliphatic carbocycles. The summed E-state index contributed by atoms with van der Waals surface area (Å²) < 4.78 is 6.94. The van der Waals surface area contributed by atoms with Crippen LogP contribution in [0.4, 0.5) is 0 Å². The molecule has 100 valence electrons. The summed E-state index contributed by atoms with van der Waals surface area (Å²) in [5, 5.41) is 1.13. The highest BCUT2D eigenvalue weighted by Gasteiger charge is 2.11. The SMILES string of the molecule is C/C(=C\C=N/C(C)N)c1oc2ccc(Br)cc2c1C. The average Bonchev–Trinajstić information content (AvgIpc) is 2.66. The second kappa shape index (κ2) is 5.72. The van der Waals surface area contributed by atoms with E-state index in [1.54, 1.807) is 6.21 Å². The molecule has 0 spiro atoms. The van der Waals surface area contributed by atoms with E-state index in [0.29, 0.717) is 0 Å². The Labute approximate surface area is 121 Å². The number of halogens is 1. The van der Waals surface area contributed by atoms with E-state index in [9.17, 15) is 0 Å². The van der Waals surface area contributed by atoms with E-state index in [1.165, 1.54) is 0 Å². The molecule has 1 unspecified atom stereocenters. The van der Waals surface area contributed by atoms with Gasteiger partial charge in [-0.25, -0.2) is 0 Å². The fourth-order valence-corrected chi connectivity index (χ4v) is 2.30. The van der Waals surface area contributed by atoms with Crippen molar-refractivity contribution in [2.75, 3.05) is 0 Å². The first-order valence-corrected chi connectivity index (χ1v) is 6.93. The van der Waals surface area contributed by atoms with Gasteiger partial charge in [-0.3, -0.25) is 4.99 Å². The summed E-state index contributed by atoms with van der Waals surface area (Å²) in [6.45, 7) is 5.91. The molecule has 0 saturated heterocycles. The molecule has 0 saturated carbocycles. The van der Waals surface area contributed by atoms with Crippen LogP contribution in [-0.4, -0.2) is 12.4 Å². The van der Waals surface area contributed by atoms with Crippen molar-refractivity contribution in [3.63, 3.8) is 0 Å². The molecule has 0 fully saturated rings. The quantitative estimate of drug-likeness (QED) is 0.858. The Morgan fingerprint density at radius 1 is 1.47 bits per heavy atom. The molecule has 1 atom stereocenters. The molecule has 1 heterocycles. The zero-order chi connectivity index (χ0) is 14.0. The predicted octanol–water partition coefficient (Wildman–Crippen LogP) is 4.28. The molecular weight excluding hydrogens is 304 g/mol. The van der Waals surface area contributed by atoms with E-state index in [-0.39, 0.29) is 6.17 Å². The fourth-order valence-electron chi connectivity index (χ4n) is 1.94. The number of benzene rings is 1. The Bertz CT molecular complexity index is 653. The number of rotatable bonds is 3. The number of nitrogens with two attached hydrogens (primary N) is 1. The molecule has 19 heavy (non-hydrogen) atoms. The minimum absolute atomic E-state index is 0.184. The maximum Gasteiger partial charge on any atom is 0.135 e. The third-order valence-electron chi connectivity index (χ3n) is 2.90. The van der Waals surface area contributed by atoms with E-state index >= 15 is 0 Å². The minimum atomic E-state index is -0.184. The van der Waals surface area contributed by atoms with Crippen LogP contribution in [-0.2, 0) is 0 Å². The Hall–Kier alpha value is -1.39. The highest BCUT2D eigenvalue weighted by Crippen LogP contribution is 2.31. The normalized spacial score (nSPS) is 14.5. The van der Waals surface area contributed by atoms with Crippen LogP contribution in [0.1, 0.15) is 25.2 Å². The smallest absolute Gasteiger partial charge is 0.135 e. The molecular formula is C15H17BrN2O. The second-order valence-electron chi connectivity index (χ2n) is 4.59. The van der Waals surface area contributed by atoms with Gasteiger partial charge in [0.1, 0.15) is 11.3 Å². The number of fused-ring (bicyclic) bond motifs is 1. The number of hydrogen-bond acceptors (Lipinski definition) is 3. The summed E-state index contributed by atoms with van der Waals surface area (Å²) in [4.78, 5) is 4.11. The molecule has 3 nitrogen and oxygen atoms in total. The number of nitrogens with zero attached hydrogens (tertiary/aromatic N) is 1. The van der Waals surface area contributed by atoms with E-state index in [4.69, 9.17) is 10.2 Å². The highest BCUT2D eigenvalue weighted by atomic mass is 79.9. The number of furan rings is 1. The third-order valence-corrected chi connectivity index (χ3v) is 3.40. The van der Waals surface area contributed by atoms with Crippen molar-refractivity contribution >= 4 is 38.7 Å². The van der Waals surface area contributed by atoms with Crippen LogP contribution in [0.3, 0.4) is 0 Å². The van der Waals surface area contributed by atoms with Gasteiger partial charge in [0.05, 0.1) is 6.17 Å². The Balaban J connectivity index is 2.43. The third kappa shape index (κ3) is 3.14. The van der Waals surface area contributed by atoms with Crippen LogP contribution in [0, 0.1) is 6.92 Å². The van der Waals surface area contributed by atoms with Crippen LogP contribution in [0.25, 0.3) is 16.5 Å². The summed E-state index contributed by atoms with van der Waals surface area (Å²) in [6, 6.07) is 6.02. The van der Waals surface area contributed by atoms with Gasteiger partial charge in [0, 0.05) is 21.6 Å². The van der Waals surface area contributed by atoms with Crippen LogP contribution >= 0.6 is 15.9 Å². The van der Waals surface area contributed by atoms with Gasteiger partial charge in [0.25, 0.3) is 0 Å². The lowest BCUT2D eigenvalue weighted by Crippen LogP contribution is -2.10. The first-order valence-electron chi connectivity index (χ1n) is 6.13. The van der Waals surface area contributed by atoms with Crippen LogP contribution < -0.4 is 5.73 Å². The molecule has 2 N–H and O–H groups in total. The average molecular weight is 321 g/mol. The van der Waals surface area contributed by atoms with Gasteiger partial charge < -0.3 is 10.2 Å². The van der Waals surface area contributed by atoms with E-state index < -0.39 is 0 Å². The summed E-state index contributed by atoms with van der Waals surface area (Å²) in [6.07, 6.45) is 3.46. The summed E-state index contributed by atoms with van der Waals surface area (Å²) in [5.74, 6) is 0.893. The molecule has 2 aromatic rings. The van der Waals surface area contributed by atoms with Crippen molar-refractivity contribution in [1.29, 1.82) is 0 Å². The largest absolute Gasteiger partial charge is 0.456 e. The summed E-state index contributed by atoms with van der Waals surface area (Å²) in [5.41, 5.74) is 8.64. The molecule has 0 bridgehead atoms. The van der Waals surface area contributed by atoms with Gasteiger partial charge >= 0.3 is 0 Å². The van der Waals surface area contributed by atoms with Gasteiger partial charge in [-0.15, -0.1) is 0 Å². The number of aryl methyl sites for hydroxylation is 1. The standard InChI is InChI=1S/C15H17BrN2O/c1-9(6-7-18-11(3)17)15-10(2)13-8-12(16)4-5-14(13)19-15/h4-8,11H,17H2,1-3H3/b9-6+,18-7-. The van der Waals surface area contributed by atoms with Gasteiger partial charge in [0.2, 0.25) is 0 Å². The lowest BCUT2D eigenvalue weighted by molar-refractivity contribution is 0.596. The van der Waals surface area contributed by atoms with Crippen molar-refractivity contribution < 1.29 is 4.42 Å². The molecule has 4 heteroatoms. The number of allylic oxidation sites excluding steroid dienone is 2. The topological polar surface area (TPSA) is 51.5 Å². The van der Waals surface area contributed by atoms with E-state index in [2.05, 4.69) is 33.9 Å². The Morgan fingerprint density at radius 2 is 2.21 bits per heavy atom. The molecule has 0 aliphatic rings. The second-order valence-corrected chi connectivity index (χ2v) is 5.50. The van der Waals surface area contributed by atoms with E-state index in [0.717, 1.165) is 32.3 Å². The minimum Gasteiger partial charge on any atom is -0.456 e. The molecule has 0 aliphatic heterocycles. The van der Waals surface area contributed by atoms with Gasteiger partial charge in [-0.05, 0) is 50.6 Å². The van der Waals surface area contributed by atoms with Crippen LogP contribution in [0.15, 0.2) is 38.2 Å². The van der Waals surface area contributed by atoms with Gasteiger partial charge in [-0.2, -0.15) is 0 Å². The molecule has 1 aromatic carbocycles. The van der Waals surface area contributed by atoms with Crippen molar-refractivity contribution in [1.82, 2.24) is 0 Å². The fraction of sp³-hybridized carbons (Fsp3) is 0.267. The predicted molar refractivity (Wildman–Crippen MR) is 84.4 cm³/mol. The van der Waals surface area contributed by atoms with Crippen LogP contribution in [0.5, 0.6) is 0 Å². The van der Waals surface area contributed by atoms with Crippen LogP contribution in [0.2, 0.25) is 0 Å². The molecule has 1 aromatic heterocycles. The monoisotopic (exact) mass is 320 g/mol. The maximum absolute atomic E-state index is 5.89. The molecule has 0 radical (unpaired) electrons. The van der Waals surface area contributed by atoms with Crippen molar-refractivity contribution in [3.05, 3.63) is 40.1 Å². The summed E-state index contributed by atoms with van der Waals surface area (Å²) in [7, 11) is 0. The highest BCUT2D eigenvalue weighted by molar-refractivity contribution is 9.10. The maximum atomic E-state index is 5.89. The zero-order valence-corrected chi connectivity index (χ0v) is 12.9. The first kappa shape index (κ1) is 14.0. The lowest BCUT2D eigenvalue weighted by Gasteiger charge is -1.97. The van der Waals surface area contributed by atoms with Crippen molar-refractivity contribution in [2.45, 2.75) is 26.9 Å². The Morgan fingerprint density at radius 3 is 2.89 bits per heavy atom. The van der Waals surface area contributed by atoms with Crippen molar-refractivity contribution in [2.24, 2.45) is 10.7 Å². The van der Waals surface area contributed by atoms with E-state index in [1.807, 2.05) is 32.1 Å². The Kier molecular flexibility index (Phi) is 4.22. The van der Waals surface area contributed by atoms with Gasteiger partial charge in [-0.1, -0.05) is 15.9 Å². The van der Waals surface area contributed by atoms with Crippen molar-refractivity contribution in [3.8, 4) is 0 Å². The zero-order valence-electron chi connectivity index (χ0n) is 11.3.